The highest BCUT2D eigenvalue weighted by atomic mass is 19.4. The van der Waals surface area contributed by atoms with Crippen LogP contribution in [0.4, 0.5) is 35.0 Å². The topological polar surface area (TPSA) is 53.1 Å². The number of aromatic nitrogens is 2. The first-order valence-electron chi connectivity index (χ1n) is 7.61. The second-order valence-electron chi connectivity index (χ2n) is 5.68. The molecule has 2 aromatic rings. The highest BCUT2D eigenvalue weighted by molar-refractivity contribution is 5.57. The molecular weight excluding hydrogens is 338 g/mol. The maximum Gasteiger partial charge on any atom is 0.433 e. The summed E-state index contributed by atoms with van der Waals surface area (Å²) in [6.07, 6.45) is -3.89. The SMILES string of the molecule is CN(C)CCCNc1nc(Nc2cccc(F)c2)cc(C(F)(F)F)n1. The number of nitrogens with zero attached hydrogens (tertiary/aromatic N) is 3. The minimum atomic E-state index is -4.61. The van der Waals surface area contributed by atoms with Gasteiger partial charge >= 0.3 is 6.18 Å². The summed E-state index contributed by atoms with van der Waals surface area (Å²) in [7, 11) is 3.81. The zero-order chi connectivity index (χ0) is 18.4. The van der Waals surface area contributed by atoms with Gasteiger partial charge in [0.1, 0.15) is 11.6 Å². The third-order valence-corrected chi connectivity index (χ3v) is 3.18. The van der Waals surface area contributed by atoms with Crippen LogP contribution in [0, 0.1) is 5.82 Å². The largest absolute Gasteiger partial charge is 0.433 e. The van der Waals surface area contributed by atoms with E-state index in [4.69, 9.17) is 0 Å². The van der Waals surface area contributed by atoms with Gasteiger partial charge in [-0.15, -0.1) is 0 Å². The van der Waals surface area contributed by atoms with E-state index >= 15 is 0 Å². The number of rotatable bonds is 7. The minimum absolute atomic E-state index is 0.0666. The first kappa shape index (κ1) is 18.9. The third kappa shape index (κ3) is 6.18. The number of hydrogen-bond donors (Lipinski definition) is 2. The number of benzene rings is 1. The van der Waals surface area contributed by atoms with Crippen molar-refractivity contribution >= 4 is 17.5 Å². The van der Waals surface area contributed by atoms with Gasteiger partial charge in [0.25, 0.3) is 0 Å². The quantitative estimate of drug-likeness (QED) is 0.584. The Bertz CT molecular complexity index is 703. The zero-order valence-corrected chi connectivity index (χ0v) is 13.9. The molecule has 0 bridgehead atoms. The van der Waals surface area contributed by atoms with Crippen molar-refractivity contribution in [2.24, 2.45) is 0 Å². The smallest absolute Gasteiger partial charge is 0.354 e. The van der Waals surface area contributed by atoms with Crippen LogP contribution in [0.5, 0.6) is 0 Å². The predicted octanol–water partition coefficient (Wildman–Crippen LogP) is 3.74. The van der Waals surface area contributed by atoms with E-state index in [1.54, 1.807) is 0 Å². The summed E-state index contributed by atoms with van der Waals surface area (Å²) < 4.78 is 52.3. The number of halogens is 4. The molecule has 0 fully saturated rings. The van der Waals surface area contributed by atoms with Crippen LogP contribution >= 0.6 is 0 Å². The Kier molecular flexibility index (Phi) is 6.13. The summed E-state index contributed by atoms with van der Waals surface area (Å²) in [4.78, 5) is 9.49. The highest BCUT2D eigenvalue weighted by Gasteiger charge is 2.33. The molecule has 5 nitrogen and oxygen atoms in total. The first-order chi connectivity index (χ1) is 11.7. The second-order valence-corrected chi connectivity index (χ2v) is 5.68. The van der Waals surface area contributed by atoms with E-state index in [1.807, 2.05) is 19.0 Å². The fourth-order valence-corrected chi connectivity index (χ4v) is 2.05. The van der Waals surface area contributed by atoms with Crippen molar-refractivity contribution in [1.29, 1.82) is 0 Å². The van der Waals surface area contributed by atoms with E-state index in [2.05, 4.69) is 20.6 Å². The van der Waals surface area contributed by atoms with Crippen molar-refractivity contribution < 1.29 is 17.6 Å². The fraction of sp³-hybridized carbons (Fsp3) is 0.375. The molecule has 0 aliphatic carbocycles. The van der Waals surface area contributed by atoms with Crippen molar-refractivity contribution in [2.45, 2.75) is 12.6 Å². The van der Waals surface area contributed by atoms with Gasteiger partial charge in [-0.05, 0) is 45.3 Å². The summed E-state index contributed by atoms with van der Waals surface area (Å²) in [5.74, 6) is -0.701. The van der Waals surface area contributed by atoms with E-state index in [1.165, 1.54) is 24.3 Å². The van der Waals surface area contributed by atoms with Gasteiger partial charge < -0.3 is 15.5 Å². The van der Waals surface area contributed by atoms with Gasteiger partial charge in [-0.2, -0.15) is 18.2 Å². The average Bonchev–Trinajstić information content (AvgIpc) is 2.50. The molecule has 0 aliphatic heterocycles. The zero-order valence-electron chi connectivity index (χ0n) is 13.9. The molecule has 0 radical (unpaired) electrons. The van der Waals surface area contributed by atoms with Crippen LogP contribution in [0.25, 0.3) is 0 Å². The normalized spacial score (nSPS) is 11.6. The van der Waals surface area contributed by atoms with Gasteiger partial charge in [0, 0.05) is 18.3 Å². The summed E-state index contributed by atoms with van der Waals surface area (Å²) in [5, 5.41) is 5.45. The predicted molar refractivity (Wildman–Crippen MR) is 88.4 cm³/mol. The van der Waals surface area contributed by atoms with Crippen molar-refractivity contribution in [1.82, 2.24) is 14.9 Å². The third-order valence-electron chi connectivity index (χ3n) is 3.18. The molecule has 0 spiro atoms. The van der Waals surface area contributed by atoms with Gasteiger partial charge in [-0.1, -0.05) is 6.07 Å². The average molecular weight is 357 g/mol. The molecule has 136 valence electrons. The lowest BCUT2D eigenvalue weighted by atomic mass is 10.3. The summed E-state index contributed by atoms with van der Waals surface area (Å²) in [6.45, 7) is 1.21. The number of hydrogen-bond acceptors (Lipinski definition) is 5. The van der Waals surface area contributed by atoms with Crippen molar-refractivity contribution in [3.05, 3.63) is 41.8 Å². The molecule has 25 heavy (non-hydrogen) atoms. The Balaban J connectivity index is 2.18. The van der Waals surface area contributed by atoms with Gasteiger partial charge in [-0.25, -0.2) is 9.37 Å². The molecular formula is C16H19F4N5. The van der Waals surface area contributed by atoms with Gasteiger partial charge in [0.2, 0.25) is 5.95 Å². The minimum Gasteiger partial charge on any atom is -0.354 e. The fourth-order valence-electron chi connectivity index (χ4n) is 2.05. The molecule has 0 amide bonds. The van der Waals surface area contributed by atoms with Crippen molar-refractivity contribution in [2.75, 3.05) is 37.8 Å². The monoisotopic (exact) mass is 357 g/mol. The van der Waals surface area contributed by atoms with Crippen molar-refractivity contribution in [3.8, 4) is 0 Å². The highest BCUT2D eigenvalue weighted by Crippen LogP contribution is 2.30. The van der Waals surface area contributed by atoms with E-state index in [0.717, 1.165) is 19.0 Å². The molecule has 2 rings (SSSR count). The van der Waals surface area contributed by atoms with E-state index in [-0.39, 0.29) is 11.8 Å². The second kappa shape index (κ2) is 8.11. The molecule has 1 aromatic carbocycles. The van der Waals surface area contributed by atoms with Crippen LogP contribution in [0.3, 0.4) is 0 Å². The van der Waals surface area contributed by atoms with Gasteiger partial charge in [0.05, 0.1) is 0 Å². The standard InChI is InChI=1S/C16H19F4N5/c1-25(2)8-4-7-21-15-23-13(16(18,19)20)10-14(24-15)22-12-6-3-5-11(17)9-12/h3,5-6,9-10H,4,7-8H2,1-2H3,(H2,21,22,23,24). The Morgan fingerprint density at radius 1 is 1.12 bits per heavy atom. The van der Waals surface area contributed by atoms with Gasteiger partial charge in [0.15, 0.2) is 5.69 Å². The first-order valence-corrected chi connectivity index (χ1v) is 7.61. The summed E-state index contributed by atoms with van der Waals surface area (Å²) in [5.41, 5.74) is -0.776. The Hall–Kier alpha value is -2.42. The molecule has 1 heterocycles. The molecule has 0 unspecified atom stereocenters. The van der Waals surface area contributed by atoms with Crippen LogP contribution in [-0.2, 0) is 6.18 Å². The Labute approximate surface area is 143 Å². The van der Waals surface area contributed by atoms with Gasteiger partial charge in [-0.3, -0.25) is 0 Å². The number of nitrogens with one attached hydrogen (secondary N) is 2. The van der Waals surface area contributed by atoms with E-state index < -0.39 is 17.7 Å². The molecule has 0 atom stereocenters. The van der Waals surface area contributed by atoms with Crippen LogP contribution < -0.4 is 10.6 Å². The molecule has 0 aliphatic rings. The number of anilines is 3. The Morgan fingerprint density at radius 2 is 1.88 bits per heavy atom. The maximum absolute atomic E-state index is 13.2. The molecule has 0 saturated carbocycles. The van der Waals surface area contributed by atoms with Crippen LogP contribution in [0.2, 0.25) is 0 Å². The lowest BCUT2D eigenvalue weighted by Crippen LogP contribution is -2.18. The van der Waals surface area contributed by atoms with Crippen LogP contribution in [0.1, 0.15) is 12.1 Å². The molecule has 0 saturated heterocycles. The van der Waals surface area contributed by atoms with E-state index in [9.17, 15) is 17.6 Å². The van der Waals surface area contributed by atoms with Crippen molar-refractivity contribution in [3.63, 3.8) is 0 Å². The number of alkyl halides is 3. The molecule has 1 aromatic heterocycles. The van der Waals surface area contributed by atoms with Crippen LogP contribution in [0.15, 0.2) is 30.3 Å². The lowest BCUT2D eigenvalue weighted by Gasteiger charge is -2.13. The maximum atomic E-state index is 13.2. The van der Waals surface area contributed by atoms with E-state index in [0.29, 0.717) is 12.2 Å². The lowest BCUT2D eigenvalue weighted by molar-refractivity contribution is -0.141. The Morgan fingerprint density at radius 3 is 2.52 bits per heavy atom. The van der Waals surface area contributed by atoms with Crippen LogP contribution in [-0.4, -0.2) is 42.1 Å². The summed E-state index contributed by atoms with van der Waals surface area (Å²) >= 11 is 0. The molecule has 2 N–H and O–H groups in total. The molecule has 9 heteroatoms. The summed E-state index contributed by atoms with van der Waals surface area (Å²) in [6, 6.07) is 6.17.